The number of rotatable bonds is 14. The maximum Gasteiger partial charge on any atom is 0.277 e. The molecule has 0 aliphatic carbocycles. The first kappa shape index (κ1) is 35.9. The predicted molar refractivity (Wildman–Crippen MR) is 189 cm³/mol. The number of aryl methyl sites for hydroxylation is 1. The number of likely N-dealkylation sites (N-methyl/N-ethyl adjacent to an activating group) is 1. The van der Waals surface area contributed by atoms with Crippen LogP contribution in [0.25, 0.3) is 11.1 Å². The van der Waals surface area contributed by atoms with Crippen LogP contribution in [0.15, 0.2) is 101 Å². The Hall–Kier alpha value is -3.96. The highest BCUT2D eigenvalue weighted by Gasteiger charge is 2.19. The number of nitrogens with one attached hydrogen (secondary N) is 1. The molecule has 5 rings (SSSR count). The second-order valence-electron chi connectivity index (χ2n) is 11.0. The maximum absolute atomic E-state index is 13.9. The van der Waals surface area contributed by atoms with Crippen molar-refractivity contribution in [3.63, 3.8) is 0 Å². The Kier molecular flexibility index (Phi) is 13.2. The molecule has 246 valence electrons. The third-order valence-electron chi connectivity index (χ3n) is 7.44. The number of carbonyl (C=O) groups is 1. The van der Waals surface area contributed by atoms with Crippen LogP contribution in [0.3, 0.4) is 0 Å². The van der Waals surface area contributed by atoms with E-state index in [-0.39, 0.29) is 36.2 Å². The third-order valence-corrected chi connectivity index (χ3v) is 8.75. The van der Waals surface area contributed by atoms with Gasteiger partial charge in [0.2, 0.25) is 5.91 Å². The molecule has 0 saturated carbocycles. The molecule has 8 nitrogen and oxygen atoms in total. The summed E-state index contributed by atoms with van der Waals surface area (Å²) in [6.45, 7) is 4.42. The molecule has 0 saturated heterocycles. The van der Waals surface area contributed by atoms with Crippen LogP contribution >= 0.6 is 35.8 Å². The Morgan fingerprint density at radius 1 is 0.957 bits per heavy atom. The van der Waals surface area contributed by atoms with Gasteiger partial charge < -0.3 is 14.8 Å². The first-order chi connectivity index (χ1) is 22.3. The van der Waals surface area contributed by atoms with Gasteiger partial charge in [-0.2, -0.15) is 10.1 Å². The van der Waals surface area contributed by atoms with Gasteiger partial charge in [-0.1, -0.05) is 78.8 Å². The number of thioether (sulfide) groups is 1. The van der Waals surface area contributed by atoms with Crippen LogP contribution in [0.5, 0.6) is 0 Å². The van der Waals surface area contributed by atoms with Crippen molar-refractivity contribution in [2.45, 2.75) is 37.3 Å². The lowest BCUT2D eigenvalue weighted by molar-refractivity contribution is -0.132. The number of aromatic nitrogens is 4. The van der Waals surface area contributed by atoms with Crippen molar-refractivity contribution < 1.29 is 9.18 Å². The minimum Gasteiger partial charge on any atom is -0.336 e. The van der Waals surface area contributed by atoms with Crippen molar-refractivity contribution in [3.8, 4) is 11.1 Å². The summed E-state index contributed by atoms with van der Waals surface area (Å²) in [6, 6.07) is 22.1. The Bertz CT molecular complexity index is 1810. The first-order valence-electron chi connectivity index (χ1n) is 15.1. The molecule has 0 spiro atoms. The van der Waals surface area contributed by atoms with E-state index < -0.39 is 0 Å². The van der Waals surface area contributed by atoms with E-state index in [9.17, 15) is 14.0 Å². The summed E-state index contributed by atoms with van der Waals surface area (Å²) >= 11 is 7.39. The van der Waals surface area contributed by atoms with E-state index in [2.05, 4.69) is 15.4 Å². The normalized spacial score (nSPS) is 10.9. The van der Waals surface area contributed by atoms with Crippen LogP contribution < -0.4 is 10.9 Å². The molecule has 12 heteroatoms. The Labute approximate surface area is 289 Å². The zero-order valence-corrected chi connectivity index (χ0v) is 28.6. The lowest BCUT2D eigenvalue weighted by Crippen LogP contribution is -2.39. The van der Waals surface area contributed by atoms with Crippen molar-refractivity contribution in [2.75, 3.05) is 19.6 Å². The van der Waals surface area contributed by atoms with E-state index in [4.69, 9.17) is 11.6 Å². The van der Waals surface area contributed by atoms with Gasteiger partial charge in [0.1, 0.15) is 12.4 Å². The highest BCUT2D eigenvalue weighted by molar-refractivity contribution is 7.98. The van der Waals surface area contributed by atoms with Gasteiger partial charge in [-0.05, 0) is 58.6 Å². The topological polar surface area (TPSA) is 85.0 Å². The number of nitrogens with zero attached hydrogens (tertiary/aromatic N) is 5. The van der Waals surface area contributed by atoms with Crippen LogP contribution in [0.1, 0.15) is 29.2 Å². The summed E-state index contributed by atoms with van der Waals surface area (Å²) in [6.07, 6.45) is 5.65. The zero-order valence-electron chi connectivity index (χ0n) is 26.2. The van der Waals surface area contributed by atoms with Crippen LogP contribution in [0.2, 0.25) is 5.02 Å². The second kappa shape index (κ2) is 17.3. The molecule has 47 heavy (non-hydrogen) atoms. The average molecular weight is 696 g/mol. The fraction of sp³-hybridized carbons (Fsp3) is 0.257. The Morgan fingerprint density at radius 3 is 2.26 bits per heavy atom. The number of carbonyl (C=O) groups excluding carboxylic acids is 1. The predicted octanol–water partition coefficient (Wildman–Crippen LogP) is 6.38. The van der Waals surface area contributed by atoms with Crippen LogP contribution in [0, 0.1) is 5.82 Å². The number of halogens is 3. The largest absolute Gasteiger partial charge is 0.336 e. The summed E-state index contributed by atoms with van der Waals surface area (Å²) in [7, 11) is 1.82. The number of benzene rings is 3. The number of amides is 1. The third kappa shape index (κ3) is 10.3. The van der Waals surface area contributed by atoms with Gasteiger partial charge in [0.25, 0.3) is 5.56 Å². The van der Waals surface area contributed by atoms with E-state index in [1.165, 1.54) is 23.9 Å². The van der Waals surface area contributed by atoms with E-state index in [0.717, 1.165) is 34.4 Å². The summed E-state index contributed by atoms with van der Waals surface area (Å²) in [5, 5.41) is 8.64. The molecule has 0 aliphatic heterocycles. The summed E-state index contributed by atoms with van der Waals surface area (Å²) in [5.41, 5.74) is 5.02. The molecular weight excluding hydrogens is 658 g/mol. The van der Waals surface area contributed by atoms with Gasteiger partial charge in [0, 0.05) is 61.8 Å². The zero-order chi connectivity index (χ0) is 32.5. The molecular formula is C35H37Cl2FN6O2S. The molecule has 0 aliphatic rings. The van der Waals surface area contributed by atoms with Crippen LogP contribution in [-0.4, -0.2) is 49.8 Å². The van der Waals surface area contributed by atoms with Gasteiger partial charge in [0.15, 0.2) is 5.16 Å². The van der Waals surface area contributed by atoms with E-state index in [1.807, 2.05) is 73.6 Å². The van der Waals surface area contributed by atoms with E-state index in [0.29, 0.717) is 47.6 Å². The Morgan fingerprint density at radius 2 is 1.62 bits per heavy atom. The molecule has 5 aromatic rings. The Balaban J connectivity index is 0.00000500. The summed E-state index contributed by atoms with van der Waals surface area (Å²) in [5.74, 6) is 0.0555. The van der Waals surface area contributed by atoms with Crippen molar-refractivity contribution in [1.82, 2.24) is 29.5 Å². The minimum absolute atomic E-state index is 0. The van der Waals surface area contributed by atoms with Crippen molar-refractivity contribution in [2.24, 2.45) is 7.05 Å². The standard InChI is InChI=1S/C35H36ClFN6O2S.ClH/c1-3-38-16-17-42(21-25-4-8-28(9-5-25)29-10-12-31(36)13-11-29)33(44)23-43-22-30(18-27-19-39-41(2)20-27)34(45)40-35(43)46-24-26-6-14-32(37)15-7-26;/h4-15,19-20,22,38H,3,16-18,21,23-24H2,1-2H3;1H. The summed E-state index contributed by atoms with van der Waals surface area (Å²) < 4.78 is 16.9. The van der Waals surface area contributed by atoms with Gasteiger partial charge in [-0.3, -0.25) is 14.3 Å². The van der Waals surface area contributed by atoms with Gasteiger partial charge >= 0.3 is 0 Å². The van der Waals surface area contributed by atoms with Crippen molar-refractivity contribution in [1.29, 1.82) is 0 Å². The monoisotopic (exact) mass is 694 g/mol. The van der Waals surface area contributed by atoms with Crippen molar-refractivity contribution in [3.05, 3.63) is 135 Å². The van der Waals surface area contributed by atoms with Crippen LogP contribution in [-0.2, 0) is 37.1 Å². The van der Waals surface area contributed by atoms with Crippen molar-refractivity contribution >= 4 is 41.7 Å². The molecule has 0 bridgehead atoms. The fourth-order valence-corrected chi connectivity index (χ4v) is 6.02. The minimum atomic E-state index is -0.348. The van der Waals surface area contributed by atoms with Crippen LogP contribution in [0.4, 0.5) is 4.39 Å². The molecule has 1 amide bonds. The smallest absolute Gasteiger partial charge is 0.277 e. The number of hydrogen-bond acceptors (Lipinski definition) is 6. The highest BCUT2D eigenvalue weighted by atomic mass is 35.5. The average Bonchev–Trinajstić information content (AvgIpc) is 3.47. The summed E-state index contributed by atoms with van der Waals surface area (Å²) in [4.78, 5) is 33.3. The van der Waals surface area contributed by atoms with E-state index >= 15 is 0 Å². The van der Waals surface area contributed by atoms with E-state index in [1.54, 1.807) is 33.8 Å². The quantitative estimate of drug-likeness (QED) is 0.0825. The molecule has 0 fully saturated rings. The fourth-order valence-electron chi connectivity index (χ4n) is 4.98. The highest BCUT2D eigenvalue weighted by Crippen LogP contribution is 2.24. The number of hydrogen-bond donors (Lipinski definition) is 1. The lowest BCUT2D eigenvalue weighted by Gasteiger charge is -2.24. The van der Waals surface area contributed by atoms with Gasteiger partial charge in [-0.15, -0.1) is 12.4 Å². The first-order valence-corrected chi connectivity index (χ1v) is 16.4. The molecule has 0 radical (unpaired) electrons. The maximum atomic E-state index is 13.9. The second-order valence-corrected chi connectivity index (χ2v) is 12.3. The lowest BCUT2D eigenvalue weighted by atomic mass is 10.0. The molecule has 1 N–H and O–H groups in total. The molecule has 3 aromatic carbocycles. The van der Waals surface area contributed by atoms with Gasteiger partial charge in [0.05, 0.1) is 6.20 Å². The molecule has 2 aromatic heterocycles. The molecule has 0 unspecified atom stereocenters. The molecule has 2 heterocycles. The SMILES string of the molecule is CCNCCN(Cc1ccc(-c2ccc(Cl)cc2)cc1)C(=O)Cn1cc(Cc2cnn(C)c2)c(=O)nc1SCc1ccc(F)cc1.Cl. The molecule has 0 atom stereocenters. The van der Waals surface area contributed by atoms with Gasteiger partial charge in [-0.25, -0.2) is 4.39 Å².